The van der Waals surface area contributed by atoms with Gasteiger partial charge in [-0.3, -0.25) is 4.79 Å². The van der Waals surface area contributed by atoms with Crippen LogP contribution in [0, 0.1) is 11.3 Å². The number of carbonyl (C=O) groups is 1. The lowest BCUT2D eigenvalue weighted by molar-refractivity contribution is 0.0709. The quantitative estimate of drug-likeness (QED) is 0.797. The van der Waals surface area contributed by atoms with Crippen molar-refractivity contribution in [3.05, 3.63) is 29.8 Å². The van der Waals surface area contributed by atoms with E-state index in [9.17, 15) is 13.2 Å². The summed E-state index contributed by atoms with van der Waals surface area (Å²) in [5.41, 5.74) is 0.320. The molecule has 1 aromatic carbocycles. The second kappa shape index (κ2) is 6.27. The van der Waals surface area contributed by atoms with Crippen molar-refractivity contribution < 1.29 is 13.2 Å². The van der Waals surface area contributed by atoms with Crippen LogP contribution in [0.2, 0.25) is 0 Å². The van der Waals surface area contributed by atoms with Crippen molar-refractivity contribution in [2.45, 2.75) is 36.6 Å². The zero-order chi connectivity index (χ0) is 15.5. The molecule has 0 heterocycles. The van der Waals surface area contributed by atoms with Crippen molar-refractivity contribution in [3.8, 4) is 6.07 Å². The van der Waals surface area contributed by atoms with Crippen LogP contribution < -0.4 is 0 Å². The summed E-state index contributed by atoms with van der Waals surface area (Å²) in [7, 11) is -3.35. The van der Waals surface area contributed by atoms with Gasteiger partial charge in [0.15, 0.2) is 9.84 Å². The maximum atomic E-state index is 12.6. The minimum Gasteiger partial charge on any atom is -0.322 e. The molecule has 0 atom stereocenters. The van der Waals surface area contributed by atoms with Crippen molar-refractivity contribution in [3.63, 3.8) is 0 Å². The van der Waals surface area contributed by atoms with E-state index in [0.29, 0.717) is 5.56 Å². The molecule has 1 aliphatic carbocycles. The van der Waals surface area contributed by atoms with Gasteiger partial charge in [0.05, 0.1) is 11.0 Å². The molecule has 5 nitrogen and oxygen atoms in total. The zero-order valence-electron chi connectivity index (χ0n) is 11.9. The monoisotopic (exact) mass is 306 g/mol. The van der Waals surface area contributed by atoms with Gasteiger partial charge in [0.1, 0.15) is 6.54 Å². The summed E-state index contributed by atoms with van der Waals surface area (Å²) in [6.07, 6.45) is 5.03. The molecule has 0 unspecified atom stereocenters. The average Bonchev–Trinajstić information content (AvgIpc) is 2.97. The van der Waals surface area contributed by atoms with Crippen LogP contribution in [0.5, 0.6) is 0 Å². The fourth-order valence-corrected chi connectivity index (χ4v) is 3.35. The van der Waals surface area contributed by atoms with Gasteiger partial charge < -0.3 is 4.90 Å². The third-order valence-electron chi connectivity index (χ3n) is 3.78. The third-order valence-corrected chi connectivity index (χ3v) is 4.89. The Morgan fingerprint density at radius 1 is 1.38 bits per heavy atom. The number of benzene rings is 1. The van der Waals surface area contributed by atoms with E-state index >= 15 is 0 Å². The first kappa shape index (κ1) is 15.5. The summed E-state index contributed by atoms with van der Waals surface area (Å²) in [6.45, 7) is 0.0343. The fourth-order valence-electron chi connectivity index (χ4n) is 2.68. The fraction of sp³-hybridized carbons (Fsp3) is 0.467. The highest BCUT2D eigenvalue weighted by atomic mass is 32.2. The SMILES string of the molecule is CS(=O)(=O)c1cccc(C(=O)N(CC#N)C2CCCC2)c1. The van der Waals surface area contributed by atoms with E-state index in [2.05, 4.69) is 0 Å². The smallest absolute Gasteiger partial charge is 0.255 e. The van der Waals surface area contributed by atoms with Gasteiger partial charge in [0, 0.05) is 17.9 Å². The lowest BCUT2D eigenvalue weighted by atomic mass is 10.1. The van der Waals surface area contributed by atoms with E-state index in [1.807, 2.05) is 6.07 Å². The summed E-state index contributed by atoms with van der Waals surface area (Å²) in [5, 5.41) is 8.94. The molecule has 0 bridgehead atoms. The van der Waals surface area contributed by atoms with Gasteiger partial charge in [0.25, 0.3) is 5.91 Å². The predicted octanol–water partition coefficient (Wildman–Crippen LogP) is 2.00. The minimum atomic E-state index is -3.35. The molecule has 2 rings (SSSR count). The molecule has 1 amide bonds. The summed E-state index contributed by atoms with van der Waals surface area (Å²) < 4.78 is 23.2. The Morgan fingerprint density at radius 3 is 2.62 bits per heavy atom. The Bertz CT molecular complexity index is 670. The number of nitriles is 1. The first-order chi connectivity index (χ1) is 9.93. The van der Waals surface area contributed by atoms with Crippen LogP contribution in [0.1, 0.15) is 36.0 Å². The van der Waals surface area contributed by atoms with Crippen LogP contribution in [0.25, 0.3) is 0 Å². The maximum absolute atomic E-state index is 12.6. The maximum Gasteiger partial charge on any atom is 0.255 e. The topological polar surface area (TPSA) is 78.2 Å². The summed E-state index contributed by atoms with van der Waals surface area (Å²) in [6, 6.07) is 8.12. The van der Waals surface area contributed by atoms with Gasteiger partial charge in [-0.1, -0.05) is 18.9 Å². The zero-order valence-corrected chi connectivity index (χ0v) is 12.8. The first-order valence-electron chi connectivity index (χ1n) is 6.91. The largest absolute Gasteiger partial charge is 0.322 e. The Hall–Kier alpha value is -1.87. The van der Waals surface area contributed by atoms with Gasteiger partial charge in [-0.15, -0.1) is 0 Å². The number of amides is 1. The van der Waals surface area contributed by atoms with Gasteiger partial charge in [-0.05, 0) is 31.0 Å². The van der Waals surface area contributed by atoms with Gasteiger partial charge in [-0.25, -0.2) is 8.42 Å². The summed E-state index contributed by atoms with van der Waals surface area (Å²) >= 11 is 0. The number of rotatable bonds is 4. The lowest BCUT2D eigenvalue weighted by Gasteiger charge is -2.26. The van der Waals surface area contributed by atoms with Crippen molar-refractivity contribution in [2.24, 2.45) is 0 Å². The van der Waals surface area contributed by atoms with Crippen molar-refractivity contribution in [1.29, 1.82) is 5.26 Å². The molecule has 1 aromatic rings. The average molecular weight is 306 g/mol. The Kier molecular flexibility index (Phi) is 4.63. The third kappa shape index (κ3) is 3.61. The number of carbonyl (C=O) groups excluding carboxylic acids is 1. The molecule has 1 fully saturated rings. The molecule has 6 heteroatoms. The Balaban J connectivity index is 2.30. The minimum absolute atomic E-state index is 0.0343. The molecule has 0 spiro atoms. The number of hydrogen-bond acceptors (Lipinski definition) is 4. The summed E-state index contributed by atoms with van der Waals surface area (Å²) in [4.78, 5) is 14.3. The molecule has 21 heavy (non-hydrogen) atoms. The van der Waals surface area contributed by atoms with Crippen LogP contribution in [0.3, 0.4) is 0 Å². The molecule has 0 aliphatic heterocycles. The van der Waals surface area contributed by atoms with Crippen LogP contribution in [0.4, 0.5) is 0 Å². The normalized spacial score (nSPS) is 15.6. The number of nitrogens with zero attached hydrogens (tertiary/aromatic N) is 2. The van der Waals surface area contributed by atoms with E-state index < -0.39 is 9.84 Å². The molecule has 0 saturated heterocycles. The van der Waals surface area contributed by atoms with E-state index in [1.54, 1.807) is 17.0 Å². The highest BCUT2D eigenvalue weighted by Gasteiger charge is 2.27. The Morgan fingerprint density at radius 2 is 2.05 bits per heavy atom. The highest BCUT2D eigenvalue weighted by Crippen LogP contribution is 2.25. The van der Waals surface area contributed by atoms with Crippen LogP contribution in [-0.2, 0) is 9.84 Å². The second-order valence-corrected chi connectivity index (χ2v) is 7.35. The van der Waals surface area contributed by atoms with Gasteiger partial charge in [0.2, 0.25) is 0 Å². The van der Waals surface area contributed by atoms with E-state index in [0.717, 1.165) is 31.9 Å². The molecular formula is C15H18N2O3S. The van der Waals surface area contributed by atoms with E-state index in [1.165, 1.54) is 12.1 Å². The molecule has 0 N–H and O–H groups in total. The molecule has 0 radical (unpaired) electrons. The molecular weight excluding hydrogens is 288 g/mol. The number of sulfone groups is 1. The predicted molar refractivity (Wildman–Crippen MR) is 78.5 cm³/mol. The highest BCUT2D eigenvalue weighted by molar-refractivity contribution is 7.90. The standard InChI is InChI=1S/C15H18N2O3S/c1-21(19,20)14-8-4-5-12(11-14)15(18)17(10-9-16)13-6-2-3-7-13/h4-5,8,11,13H,2-3,6-7,10H2,1H3. The first-order valence-corrected chi connectivity index (χ1v) is 8.80. The van der Waals surface area contributed by atoms with Crippen LogP contribution in [0.15, 0.2) is 29.2 Å². The van der Waals surface area contributed by atoms with Crippen molar-refractivity contribution in [2.75, 3.05) is 12.8 Å². The second-order valence-electron chi connectivity index (χ2n) is 5.33. The summed E-state index contributed by atoms with van der Waals surface area (Å²) in [5.74, 6) is -0.269. The van der Waals surface area contributed by atoms with E-state index in [-0.39, 0.29) is 23.4 Å². The van der Waals surface area contributed by atoms with Crippen LogP contribution in [-0.4, -0.2) is 38.1 Å². The van der Waals surface area contributed by atoms with Crippen molar-refractivity contribution >= 4 is 15.7 Å². The van der Waals surface area contributed by atoms with Gasteiger partial charge in [-0.2, -0.15) is 5.26 Å². The molecule has 1 saturated carbocycles. The number of hydrogen-bond donors (Lipinski definition) is 0. The lowest BCUT2D eigenvalue weighted by Crippen LogP contribution is -2.39. The van der Waals surface area contributed by atoms with Gasteiger partial charge >= 0.3 is 0 Å². The Labute approximate surface area is 125 Å². The van der Waals surface area contributed by atoms with Crippen molar-refractivity contribution in [1.82, 2.24) is 4.90 Å². The molecule has 0 aromatic heterocycles. The molecule has 112 valence electrons. The van der Waals surface area contributed by atoms with E-state index in [4.69, 9.17) is 5.26 Å². The molecule has 1 aliphatic rings. The van der Waals surface area contributed by atoms with Crippen LogP contribution >= 0.6 is 0 Å².